The van der Waals surface area contributed by atoms with Gasteiger partial charge in [0.05, 0.1) is 12.2 Å². The first-order valence-electron chi connectivity index (χ1n) is 5.44. The molecule has 84 valence electrons. The van der Waals surface area contributed by atoms with Crippen molar-refractivity contribution in [2.45, 2.75) is 58.2 Å². The van der Waals surface area contributed by atoms with Crippen LogP contribution in [0.5, 0.6) is 0 Å². The van der Waals surface area contributed by atoms with Crippen LogP contribution in [0.3, 0.4) is 0 Å². The largest absolute Gasteiger partial charge is 0.327 e. The van der Waals surface area contributed by atoms with Crippen molar-refractivity contribution in [3.8, 4) is 0 Å². The van der Waals surface area contributed by atoms with Crippen molar-refractivity contribution >= 4 is 18.3 Å². The highest BCUT2D eigenvalue weighted by Gasteiger charge is 2.22. The fourth-order valence-corrected chi connectivity index (χ4v) is 4.30. The molecule has 1 saturated carbocycles. The molecule has 0 heterocycles. The van der Waals surface area contributed by atoms with Crippen molar-refractivity contribution in [2.75, 3.05) is 6.66 Å². The van der Waals surface area contributed by atoms with Gasteiger partial charge in [-0.05, 0) is 38.5 Å². The third kappa shape index (κ3) is 4.88. The van der Waals surface area contributed by atoms with Crippen LogP contribution < -0.4 is 0 Å². The number of hydrogen-bond donors (Lipinski definition) is 0. The van der Waals surface area contributed by atoms with Gasteiger partial charge in [-0.2, -0.15) is 0 Å². The summed E-state index contributed by atoms with van der Waals surface area (Å²) in [5, 5.41) is 0. The molecule has 1 fully saturated rings. The molecule has 1 unspecified atom stereocenters. The van der Waals surface area contributed by atoms with Gasteiger partial charge >= 0.3 is 0 Å². The first kappa shape index (κ1) is 12.6. The Bertz CT molecular complexity index is 212. The smallest absolute Gasteiger partial charge is 0.186 e. The topological polar surface area (TPSA) is 18.5 Å². The second-order valence-electron chi connectivity index (χ2n) is 4.29. The van der Waals surface area contributed by atoms with E-state index in [4.69, 9.17) is 20.9 Å². The Balaban J connectivity index is 2.36. The van der Waals surface area contributed by atoms with E-state index in [1.807, 2.05) is 20.5 Å². The van der Waals surface area contributed by atoms with Crippen molar-refractivity contribution in [1.29, 1.82) is 0 Å². The third-order valence-electron chi connectivity index (χ3n) is 2.30. The molecule has 0 aromatic heterocycles. The summed E-state index contributed by atoms with van der Waals surface area (Å²) in [5.74, 6) is 0. The van der Waals surface area contributed by atoms with Crippen molar-refractivity contribution in [1.82, 2.24) is 0 Å². The predicted molar refractivity (Wildman–Crippen MR) is 64.4 cm³/mol. The van der Waals surface area contributed by atoms with E-state index in [0.29, 0.717) is 6.10 Å². The highest BCUT2D eigenvalue weighted by Crippen LogP contribution is 2.48. The number of rotatable bonds is 4. The Kier molecular flexibility index (Phi) is 5.05. The predicted octanol–water partition coefficient (Wildman–Crippen LogP) is 3.70. The molecule has 0 amide bonds. The molecule has 0 aliphatic heterocycles. The van der Waals surface area contributed by atoms with Crippen LogP contribution in [0.2, 0.25) is 0 Å². The van der Waals surface area contributed by atoms with Gasteiger partial charge in [0.2, 0.25) is 0 Å². The van der Waals surface area contributed by atoms with Gasteiger partial charge < -0.3 is 9.05 Å². The molecule has 0 N–H and O–H groups in total. The lowest BCUT2D eigenvalue weighted by Crippen LogP contribution is -2.16. The van der Waals surface area contributed by atoms with Crippen molar-refractivity contribution in [3.05, 3.63) is 0 Å². The standard InChI is InChI=1S/C10H21O2PS/c1-9(2)11-13(3,14)12-10-7-5-4-6-8-10/h9-10H,4-8H2,1-3H3. The molecule has 1 atom stereocenters. The Morgan fingerprint density at radius 1 is 1.21 bits per heavy atom. The summed E-state index contributed by atoms with van der Waals surface area (Å²) in [6, 6.07) is 0. The molecule has 1 aliphatic carbocycles. The van der Waals surface area contributed by atoms with Crippen LogP contribution in [0, 0.1) is 0 Å². The molecule has 0 saturated heterocycles. The van der Waals surface area contributed by atoms with Gasteiger partial charge in [0.25, 0.3) is 0 Å². The molecule has 0 aromatic carbocycles. The van der Waals surface area contributed by atoms with Gasteiger partial charge in [0.15, 0.2) is 6.49 Å². The average Bonchev–Trinajstić information content (AvgIpc) is 2.02. The van der Waals surface area contributed by atoms with E-state index >= 15 is 0 Å². The van der Waals surface area contributed by atoms with E-state index in [1.54, 1.807) is 0 Å². The molecule has 1 aliphatic rings. The summed E-state index contributed by atoms with van der Waals surface area (Å²) in [5.41, 5.74) is 0. The summed E-state index contributed by atoms with van der Waals surface area (Å²) in [6.07, 6.45) is 6.76. The van der Waals surface area contributed by atoms with Crippen LogP contribution >= 0.6 is 6.49 Å². The molecule has 14 heavy (non-hydrogen) atoms. The zero-order valence-corrected chi connectivity index (χ0v) is 11.1. The maximum absolute atomic E-state index is 5.89. The lowest BCUT2D eigenvalue weighted by molar-refractivity contribution is 0.129. The van der Waals surface area contributed by atoms with Crippen LogP contribution in [0.25, 0.3) is 0 Å². The first-order chi connectivity index (χ1) is 6.49. The second kappa shape index (κ2) is 5.60. The summed E-state index contributed by atoms with van der Waals surface area (Å²) in [6.45, 7) is 3.98. The number of hydrogen-bond acceptors (Lipinski definition) is 3. The van der Waals surface area contributed by atoms with Crippen LogP contribution in [0.15, 0.2) is 0 Å². The van der Waals surface area contributed by atoms with E-state index in [1.165, 1.54) is 19.3 Å². The maximum atomic E-state index is 5.89. The molecule has 0 spiro atoms. The molecule has 2 nitrogen and oxygen atoms in total. The monoisotopic (exact) mass is 236 g/mol. The Hall–Kier alpha value is 0.570. The lowest BCUT2D eigenvalue weighted by atomic mass is 9.98. The fourth-order valence-electron chi connectivity index (χ4n) is 1.85. The van der Waals surface area contributed by atoms with Crippen LogP contribution in [0.4, 0.5) is 0 Å². The Morgan fingerprint density at radius 3 is 2.29 bits per heavy atom. The van der Waals surface area contributed by atoms with Crippen LogP contribution in [-0.2, 0) is 20.9 Å². The van der Waals surface area contributed by atoms with E-state index < -0.39 is 6.49 Å². The Labute approximate surface area is 92.5 Å². The van der Waals surface area contributed by atoms with Crippen molar-refractivity contribution < 1.29 is 9.05 Å². The molecule has 0 radical (unpaired) electrons. The van der Waals surface area contributed by atoms with Gasteiger partial charge in [-0.25, -0.2) is 0 Å². The fraction of sp³-hybridized carbons (Fsp3) is 1.00. The van der Waals surface area contributed by atoms with Crippen LogP contribution in [-0.4, -0.2) is 18.9 Å². The summed E-state index contributed by atoms with van der Waals surface area (Å²) >= 11 is 5.37. The summed E-state index contributed by atoms with van der Waals surface area (Å²) < 4.78 is 11.5. The Morgan fingerprint density at radius 2 is 1.79 bits per heavy atom. The van der Waals surface area contributed by atoms with E-state index in [-0.39, 0.29) is 6.10 Å². The zero-order chi connectivity index (χ0) is 10.6. The van der Waals surface area contributed by atoms with Gasteiger partial charge in [0, 0.05) is 6.66 Å². The molecule has 0 bridgehead atoms. The van der Waals surface area contributed by atoms with E-state index in [9.17, 15) is 0 Å². The van der Waals surface area contributed by atoms with Gasteiger partial charge in [-0.3, -0.25) is 0 Å². The summed E-state index contributed by atoms with van der Waals surface area (Å²) in [4.78, 5) is 0. The van der Waals surface area contributed by atoms with Gasteiger partial charge in [0.1, 0.15) is 0 Å². The minimum Gasteiger partial charge on any atom is -0.327 e. The quantitative estimate of drug-likeness (QED) is 0.693. The van der Waals surface area contributed by atoms with Crippen molar-refractivity contribution in [2.24, 2.45) is 0 Å². The van der Waals surface area contributed by atoms with Gasteiger partial charge in [-0.15, -0.1) is 0 Å². The maximum Gasteiger partial charge on any atom is 0.186 e. The normalized spacial score (nSPS) is 23.7. The zero-order valence-electron chi connectivity index (χ0n) is 9.36. The minimum absolute atomic E-state index is 0.175. The van der Waals surface area contributed by atoms with E-state index in [2.05, 4.69) is 0 Å². The lowest BCUT2D eigenvalue weighted by Gasteiger charge is -2.28. The van der Waals surface area contributed by atoms with Crippen molar-refractivity contribution in [3.63, 3.8) is 0 Å². The molecular formula is C10H21O2PS. The molecule has 4 heteroatoms. The second-order valence-corrected chi connectivity index (χ2v) is 8.25. The molecular weight excluding hydrogens is 215 g/mol. The summed E-state index contributed by atoms with van der Waals surface area (Å²) in [7, 11) is 0. The van der Waals surface area contributed by atoms with Crippen LogP contribution in [0.1, 0.15) is 46.0 Å². The van der Waals surface area contributed by atoms with Gasteiger partial charge in [-0.1, -0.05) is 19.3 Å². The first-order valence-corrected chi connectivity index (χ1v) is 8.52. The average molecular weight is 236 g/mol. The minimum atomic E-state index is -1.98. The highest BCUT2D eigenvalue weighted by atomic mass is 32.5. The highest BCUT2D eigenvalue weighted by molar-refractivity contribution is 8.09. The molecule has 1 rings (SSSR count). The molecule has 0 aromatic rings. The van der Waals surface area contributed by atoms with E-state index in [0.717, 1.165) is 12.8 Å². The third-order valence-corrected chi connectivity index (χ3v) is 4.30. The SMILES string of the molecule is CC(C)OP(C)(=S)OC1CCCCC1.